The molecule has 0 atom stereocenters. The van der Waals surface area contributed by atoms with E-state index in [-0.39, 0.29) is 12.5 Å². The van der Waals surface area contributed by atoms with Gasteiger partial charge in [-0.2, -0.15) is 0 Å². The van der Waals surface area contributed by atoms with Crippen LogP contribution in [0.3, 0.4) is 0 Å². The second-order valence-corrected chi connectivity index (χ2v) is 4.66. The normalized spacial score (nSPS) is 11.6. The maximum atomic E-state index is 11.9. The number of aromatic nitrogens is 2. The smallest absolute Gasteiger partial charge is 0.261 e. The Bertz CT molecular complexity index is 377. The molecule has 0 radical (unpaired) electrons. The fourth-order valence-electron chi connectivity index (χ4n) is 1.71. The molecule has 0 bridgehead atoms. The number of nitrogens with zero attached hydrogens (tertiary/aromatic N) is 2. The maximum absolute atomic E-state index is 11.9. The first-order chi connectivity index (χ1) is 8.41. The predicted octanol–water partition coefficient (Wildman–Crippen LogP) is 3.39. The molecular weight excluding hydrogens is 262 g/mol. The van der Waals surface area contributed by atoms with Gasteiger partial charge in [-0.3, -0.25) is 0 Å². The van der Waals surface area contributed by atoms with Crippen molar-refractivity contribution in [2.45, 2.75) is 39.5 Å². The first kappa shape index (κ1) is 15.2. The van der Waals surface area contributed by atoms with E-state index in [0.29, 0.717) is 17.4 Å². The van der Waals surface area contributed by atoms with Crippen LogP contribution in [-0.2, 0) is 11.2 Å². The van der Waals surface area contributed by atoms with Crippen molar-refractivity contribution in [3.8, 4) is 0 Å². The Morgan fingerprint density at radius 3 is 2.44 bits per heavy atom. The van der Waals surface area contributed by atoms with Crippen molar-refractivity contribution in [1.82, 2.24) is 9.97 Å². The third kappa shape index (κ3) is 4.46. The maximum Gasteiger partial charge on any atom is 0.261 e. The molecule has 0 saturated heterocycles. The van der Waals surface area contributed by atoms with Crippen molar-refractivity contribution in [2.24, 2.45) is 0 Å². The molecule has 3 nitrogen and oxygen atoms in total. The van der Waals surface area contributed by atoms with E-state index >= 15 is 0 Å². The van der Waals surface area contributed by atoms with Gasteiger partial charge in [0.25, 0.3) is 6.43 Å². The summed E-state index contributed by atoms with van der Waals surface area (Å²) in [6, 6.07) is 0. The Balaban J connectivity index is 2.63. The van der Waals surface area contributed by atoms with Crippen molar-refractivity contribution in [3.63, 3.8) is 0 Å². The van der Waals surface area contributed by atoms with Crippen LogP contribution in [0.2, 0.25) is 5.15 Å². The molecule has 1 rings (SSSR count). The first-order valence-corrected chi connectivity index (χ1v) is 6.18. The SMILES string of the molecule is Cc1nc(CCOCC(F)F)nc(Cl)c1C(C)C. The van der Waals surface area contributed by atoms with Crippen molar-refractivity contribution in [2.75, 3.05) is 13.2 Å². The van der Waals surface area contributed by atoms with E-state index in [2.05, 4.69) is 9.97 Å². The van der Waals surface area contributed by atoms with Gasteiger partial charge in [0.2, 0.25) is 0 Å². The molecule has 6 heteroatoms. The van der Waals surface area contributed by atoms with E-state index in [1.165, 1.54) is 0 Å². The number of halogens is 3. The van der Waals surface area contributed by atoms with E-state index in [0.717, 1.165) is 11.3 Å². The van der Waals surface area contributed by atoms with Gasteiger partial charge in [0, 0.05) is 17.7 Å². The molecule has 0 aromatic carbocycles. The van der Waals surface area contributed by atoms with Gasteiger partial charge in [-0.25, -0.2) is 18.7 Å². The summed E-state index contributed by atoms with van der Waals surface area (Å²) in [7, 11) is 0. The zero-order valence-corrected chi connectivity index (χ0v) is 11.5. The van der Waals surface area contributed by atoms with Gasteiger partial charge in [0.1, 0.15) is 17.6 Å². The highest BCUT2D eigenvalue weighted by atomic mass is 35.5. The van der Waals surface area contributed by atoms with Crippen LogP contribution in [0.25, 0.3) is 0 Å². The number of ether oxygens (including phenoxy) is 1. The third-order valence-electron chi connectivity index (χ3n) is 2.43. The average Bonchev–Trinajstić information content (AvgIpc) is 2.22. The summed E-state index contributed by atoms with van der Waals surface area (Å²) >= 11 is 6.08. The van der Waals surface area contributed by atoms with Gasteiger partial charge in [-0.1, -0.05) is 25.4 Å². The fourth-order valence-corrected chi connectivity index (χ4v) is 2.16. The van der Waals surface area contributed by atoms with Gasteiger partial charge in [0.15, 0.2) is 0 Å². The topological polar surface area (TPSA) is 35.0 Å². The van der Waals surface area contributed by atoms with Crippen LogP contribution in [0.5, 0.6) is 0 Å². The van der Waals surface area contributed by atoms with Gasteiger partial charge >= 0.3 is 0 Å². The number of rotatable bonds is 6. The molecular formula is C12H17ClF2N2O. The fraction of sp³-hybridized carbons (Fsp3) is 0.667. The molecule has 1 aromatic heterocycles. The number of alkyl halides is 2. The van der Waals surface area contributed by atoms with E-state index in [1.807, 2.05) is 20.8 Å². The summed E-state index contributed by atoms with van der Waals surface area (Å²) in [4.78, 5) is 8.47. The highest BCUT2D eigenvalue weighted by Crippen LogP contribution is 2.24. The van der Waals surface area contributed by atoms with Crippen LogP contribution in [0.4, 0.5) is 8.78 Å². The lowest BCUT2D eigenvalue weighted by Crippen LogP contribution is -2.10. The van der Waals surface area contributed by atoms with Crippen LogP contribution in [-0.4, -0.2) is 29.6 Å². The van der Waals surface area contributed by atoms with Crippen LogP contribution in [0.15, 0.2) is 0 Å². The van der Waals surface area contributed by atoms with Crippen LogP contribution < -0.4 is 0 Å². The largest absolute Gasteiger partial charge is 0.375 e. The van der Waals surface area contributed by atoms with Gasteiger partial charge in [-0.05, 0) is 12.8 Å². The Hall–Kier alpha value is -0.810. The summed E-state index contributed by atoms with van der Waals surface area (Å²) in [5, 5.41) is 0.432. The van der Waals surface area contributed by atoms with Gasteiger partial charge in [-0.15, -0.1) is 0 Å². The minimum atomic E-state index is -2.44. The zero-order valence-electron chi connectivity index (χ0n) is 10.7. The monoisotopic (exact) mass is 278 g/mol. The van der Waals surface area contributed by atoms with Crippen molar-refractivity contribution < 1.29 is 13.5 Å². The van der Waals surface area contributed by atoms with Gasteiger partial charge in [0.05, 0.1) is 6.61 Å². The molecule has 0 N–H and O–H groups in total. The van der Waals surface area contributed by atoms with Crippen molar-refractivity contribution in [1.29, 1.82) is 0 Å². The standard InChI is InChI=1S/C12H17ClF2N2O/c1-7(2)11-8(3)16-10(17-12(11)13)4-5-18-6-9(14)15/h7,9H,4-6H2,1-3H3. The Kier molecular flexibility index (Phi) is 5.88. The molecule has 0 unspecified atom stereocenters. The highest BCUT2D eigenvalue weighted by molar-refractivity contribution is 6.30. The molecule has 1 heterocycles. The number of hydrogen-bond donors (Lipinski definition) is 0. The minimum absolute atomic E-state index is 0.168. The highest BCUT2D eigenvalue weighted by Gasteiger charge is 2.13. The molecule has 18 heavy (non-hydrogen) atoms. The Labute approximate surface area is 111 Å². The lowest BCUT2D eigenvalue weighted by molar-refractivity contribution is 0.0182. The van der Waals surface area contributed by atoms with E-state index in [9.17, 15) is 8.78 Å². The predicted molar refractivity (Wildman–Crippen MR) is 66.4 cm³/mol. The molecule has 0 aliphatic heterocycles. The summed E-state index contributed by atoms with van der Waals surface area (Å²) < 4.78 is 28.5. The Morgan fingerprint density at radius 1 is 1.28 bits per heavy atom. The lowest BCUT2D eigenvalue weighted by atomic mass is 10.0. The zero-order chi connectivity index (χ0) is 13.7. The third-order valence-corrected chi connectivity index (χ3v) is 2.72. The van der Waals surface area contributed by atoms with Gasteiger partial charge < -0.3 is 4.74 Å². The summed E-state index contributed by atoms with van der Waals surface area (Å²) in [6.45, 7) is 5.51. The van der Waals surface area contributed by atoms with Crippen molar-refractivity contribution in [3.05, 3.63) is 22.2 Å². The summed E-state index contributed by atoms with van der Waals surface area (Å²) in [5.74, 6) is 0.776. The Morgan fingerprint density at radius 2 is 1.94 bits per heavy atom. The number of hydrogen-bond acceptors (Lipinski definition) is 3. The molecule has 0 aliphatic rings. The minimum Gasteiger partial charge on any atom is -0.375 e. The second-order valence-electron chi connectivity index (χ2n) is 4.30. The summed E-state index contributed by atoms with van der Waals surface area (Å²) in [6.07, 6.45) is -2.06. The van der Waals surface area contributed by atoms with Crippen LogP contribution >= 0.6 is 11.6 Å². The quantitative estimate of drug-likeness (QED) is 0.591. The molecule has 1 aromatic rings. The molecule has 0 spiro atoms. The molecule has 0 amide bonds. The van der Waals surface area contributed by atoms with Crippen molar-refractivity contribution >= 4 is 11.6 Å². The molecule has 0 saturated carbocycles. The first-order valence-electron chi connectivity index (χ1n) is 5.80. The average molecular weight is 279 g/mol. The van der Waals surface area contributed by atoms with Crippen LogP contribution in [0, 0.1) is 6.92 Å². The van der Waals surface area contributed by atoms with E-state index in [1.54, 1.807) is 0 Å². The molecule has 0 aliphatic carbocycles. The number of aryl methyl sites for hydroxylation is 1. The van der Waals surface area contributed by atoms with E-state index in [4.69, 9.17) is 16.3 Å². The lowest BCUT2D eigenvalue weighted by Gasteiger charge is -2.12. The van der Waals surface area contributed by atoms with E-state index < -0.39 is 13.0 Å². The second kappa shape index (κ2) is 6.95. The molecule has 102 valence electrons. The molecule has 0 fully saturated rings. The van der Waals surface area contributed by atoms with Crippen LogP contribution in [0.1, 0.15) is 36.8 Å². The summed E-state index contributed by atoms with van der Waals surface area (Å²) in [5.41, 5.74) is 1.75.